The van der Waals surface area contributed by atoms with Crippen LogP contribution in [0.1, 0.15) is 19.4 Å². The molecule has 1 aromatic rings. The molecule has 0 spiro atoms. The second-order valence-electron chi connectivity index (χ2n) is 3.77. The van der Waals surface area contributed by atoms with Crippen molar-refractivity contribution in [3.05, 3.63) is 35.9 Å². The first-order valence-corrected chi connectivity index (χ1v) is 6.62. The van der Waals surface area contributed by atoms with Gasteiger partial charge >= 0.3 is 5.97 Å². The van der Waals surface area contributed by atoms with E-state index in [2.05, 4.69) is 0 Å². The fourth-order valence-electron chi connectivity index (χ4n) is 1.45. The number of hydrogen-bond donors (Lipinski definition) is 1. The van der Waals surface area contributed by atoms with Gasteiger partial charge in [-0.2, -0.15) is 0 Å². The summed E-state index contributed by atoms with van der Waals surface area (Å²) in [7, 11) is 0. The van der Waals surface area contributed by atoms with Crippen molar-refractivity contribution >= 4 is 17.7 Å². The summed E-state index contributed by atoms with van der Waals surface area (Å²) in [4.78, 5) is 9.97. The third-order valence-corrected chi connectivity index (χ3v) is 3.55. The molecule has 1 N–H and O–H groups in total. The zero-order valence-electron chi connectivity index (χ0n) is 10.2. The van der Waals surface area contributed by atoms with Crippen LogP contribution in [0.2, 0.25) is 0 Å². The Labute approximate surface area is 106 Å². The lowest BCUT2D eigenvalue weighted by Gasteiger charge is -2.24. The minimum atomic E-state index is -1.14. The molecule has 0 saturated carbocycles. The number of ether oxygens (including phenoxy) is 1. The van der Waals surface area contributed by atoms with Crippen LogP contribution in [0.3, 0.4) is 0 Å². The molecule has 0 aromatic heterocycles. The predicted molar refractivity (Wildman–Crippen MR) is 70.3 cm³/mol. The zero-order chi connectivity index (χ0) is 12.7. The van der Waals surface area contributed by atoms with Gasteiger partial charge in [0, 0.05) is 0 Å². The molecule has 0 saturated heterocycles. The van der Waals surface area contributed by atoms with Gasteiger partial charge in [0.25, 0.3) is 0 Å². The van der Waals surface area contributed by atoms with Crippen LogP contribution in [0.4, 0.5) is 0 Å². The first-order valence-electron chi connectivity index (χ1n) is 5.63. The van der Waals surface area contributed by atoms with Crippen molar-refractivity contribution in [2.75, 3.05) is 12.4 Å². The van der Waals surface area contributed by atoms with Crippen LogP contribution in [-0.2, 0) is 16.0 Å². The molecule has 1 atom stereocenters. The van der Waals surface area contributed by atoms with Gasteiger partial charge in [-0.15, -0.1) is 11.8 Å². The Morgan fingerprint density at radius 1 is 1.41 bits per heavy atom. The molecule has 3 nitrogen and oxygen atoms in total. The van der Waals surface area contributed by atoms with E-state index in [0.717, 1.165) is 12.0 Å². The SMILES string of the molecule is CCSC(C)(OCCc1ccccc1)C(=O)O. The Balaban J connectivity index is 2.45. The number of rotatable bonds is 7. The summed E-state index contributed by atoms with van der Waals surface area (Å²) >= 11 is 1.30. The van der Waals surface area contributed by atoms with Gasteiger partial charge in [-0.3, -0.25) is 0 Å². The molecule has 94 valence electrons. The van der Waals surface area contributed by atoms with E-state index >= 15 is 0 Å². The molecule has 17 heavy (non-hydrogen) atoms. The summed E-state index contributed by atoms with van der Waals surface area (Å²) in [6.45, 7) is 3.95. The lowest BCUT2D eigenvalue weighted by atomic mass is 10.2. The Hall–Kier alpha value is -1.00. The smallest absolute Gasteiger partial charge is 0.346 e. The lowest BCUT2D eigenvalue weighted by molar-refractivity contribution is -0.152. The molecular weight excluding hydrogens is 236 g/mol. The largest absolute Gasteiger partial charge is 0.478 e. The van der Waals surface area contributed by atoms with Crippen molar-refractivity contribution in [1.29, 1.82) is 0 Å². The van der Waals surface area contributed by atoms with Crippen LogP contribution in [-0.4, -0.2) is 28.4 Å². The number of hydrogen-bond acceptors (Lipinski definition) is 3. The topological polar surface area (TPSA) is 46.5 Å². The van der Waals surface area contributed by atoms with E-state index in [1.54, 1.807) is 6.92 Å². The molecule has 1 rings (SSSR count). The van der Waals surface area contributed by atoms with Gasteiger partial charge in [-0.25, -0.2) is 4.79 Å². The third-order valence-electron chi connectivity index (χ3n) is 2.42. The van der Waals surface area contributed by atoms with Crippen molar-refractivity contribution in [1.82, 2.24) is 0 Å². The van der Waals surface area contributed by atoms with Crippen LogP contribution >= 0.6 is 11.8 Å². The Kier molecular flexibility index (Phi) is 5.51. The summed E-state index contributed by atoms with van der Waals surface area (Å²) in [5, 5.41) is 9.11. The second kappa shape index (κ2) is 6.67. The summed E-state index contributed by atoms with van der Waals surface area (Å²) in [5.74, 6) is -0.203. The van der Waals surface area contributed by atoms with E-state index in [-0.39, 0.29) is 0 Å². The molecule has 1 aromatic carbocycles. The van der Waals surface area contributed by atoms with Gasteiger partial charge in [0.1, 0.15) is 0 Å². The molecule has 0 amide bonds. The average molecular weight is 254 g/mol. The molecule has 0 radical (unpaired) electrons. The highest BCUT2D eigenvalue weighted by Gasteiger charge is 2.33. The van der Waals surface area contributed by atoms with Gasteiger partial charge in [0.2, 0.25) is 4.93 Å². The Morgan fingerprint density at radius 2 is 2.06 bits per heavy atom. The fourth-order valence-corrected chi connectivity index (χ4v) is 2.29. The van der Waals surface area contributed by atoms with Gasteiger partial charge in [-0.1, -0.05) is 37.3 Å². The second-order valence-corrected chi connectivity index (χ2v) is 5.41. The molecule has 0 aliphatic rings. The number of carbonyl (C=O) groups is 1. The number of carboxylic acids is 1. The van der Waals surface area contributed by atoms with Crippen molar-refractivity contribution in [3.8, 4) is 0 Å². The van der Waals surface area contributed by atoms with E-state index in [1.165, 1.54) is 11.8 Å². The van der Waals surface area contributed by atoms with Crippen molar-refractivity contribution in [2.24, 2.45) is 0 Å². The first kappa shape index (κ1) is 14.1. The number of aliphatic carboxylic acids is 1. The highest BCUT2D eigenvalue weighted by Crippen LogP contribution is 2.26. The van der Waals surface area contributed by atoms with Crippen LogP contribution in [0, 0.1) is 0 Å². The molecule has 4 heteroatoms. The molecule has 0 aliphatic heterocycles. The van der Waals surface area contributed by atoms with Crippen LogP contribution < -0.4 is 0 Å². The Bertz CT molecular complexity index is 353. The summed E-state index contributed by atoms with van der Waals surface area (Å²) in [6, 6.07) is 9.90. The quantitative estimate of drug-likeness (QED) is 0.760. The summed E-state index contributed by atoms with van der Waals surface area (Å²) < 4.78 is 5.50. The monoisotopic (exact) mass is 254 g/mol. The Morgan fingerprint density at radius 3 is 2.59 bits per heavy atom. The van der Waals surface area contributed by atoms with Crippen molar-refractivity contribution in [3.63, 3.8) is 0 Å². The maximum Gasteiger partial charge on any atom is 0.346 e. The number of carboxylic acid groups (broad SMARTS) is 1. The van der Waals surface area contributed by atoms with Crippen LogP contribution in [0.25, 0.3) is 0 Å². The minimum absolute atomic E-state index is 0.416. The summed E-state index contributed by atoms with van der Waals surface area (Å²) in [6.07, 6.45) is 0.730. The van der Waals surface area contributed by atoms with Gasteiger partial charge in [0.15, 0.2) is 0 Å². The maximum atomic E-state index is 11.1. The van der Waals surface area contributed by atoms with E-state index in [4.69, 9.17) is 9.84 Å². The standard InChI is InChI=1S/C13H18O3S/c1-3-17-13(2,12(14)15)16-10-9-11-7-5-4-6-8-11/h4-8H,3,9-10H2,1-2H3,(H,14,15). The molecule has 1 unspecified atom stereocenters. The van der Waals surface area contributed by atoms with Gasteiger partial charge in [-0.05, 0) is 24.7 Å². The predicted octanol–water partition coefficient (Wildman–Crippen LogP) is 2.80. The average Bonchev–Trinajstić information content (AvgIpc) is 2.30. The first-order chi connectivity index (χ1) is 8.08. The zero-order valence-corrected chi connectivity index (χ0v) is 11.0. The molecule has 0 aliphatic carbocycles. The number of thioether (sulfide) groups is 1. The molecular formula is C13H18O3S. The van der Waals surface area contributed by atoms with E-state index in [0.29, 0.717) is 12.4 Å². The maximum absolute atomic E-state index is 11.1. The van der Waals surface area contributed by atoms with Gasteiger partial charge < -0.3 is 9.84 Å². The van der Waals surface area contributed by atoms with Crippen LogP contribution in [0.15, 0.2) is 30.3 Å². The fraction of sp³-hybridized carbons (Fsp3) is 0.462. The van der Waals surface area contributed by atoms with Gasteiger partial charge in [0.05, 0.1) is 6.61 Å². The van der Waals surface area contributed by atoms with Crippen molar-refractivity contribution in [2.45, 2.75) is 25.2 Å². The van der Waals surface area contributed by atoms with E-state index in [1.807, 2.05) is 37.3 Å². The normalized spacial score (nSPS) is 14.2. The minimum Gasteiger partial charge on any atom is -0.478 e. The number of benzene rings is 1. The van der Waals surface area contributed by atoms with E-state index < -0.39 is 10.9 Å². The summed E-state index contributed by atoms with van der Waals surface area (Å²) in [5.41, 5.74) is 1.15. The van der Waals surface area contributed by atoms with Crippen LogP contribution in [0.5, 0.6) is 0 Å². The van der Waals surface area contributed by atoms with Crippen molar-refractivity contribution < 1.29 is 14.6 Å². The molecule has 0 fully saturated rings. The molecule has 0 heterocycles. The highest BCUT2D eigenvalue weighted by molar-refractivity contribution is 8.01. The van der Waals surface area contributed by atoms with E-state index in [9.17, 15) is 4.79 Å². The molecule has 0 bridgehead atoms. The highest BCUT2D eigenvalue weighted by atomic mass is 32.2. The lowest BCUT2D eigenvalue weighted by Crippen LogP contribution is -2.35. The third kappa shape index (κ3) is 4.40.